The fourth-order valence-corrected chi connectivity index (χ4v) is 5.51. The van der Waals surface area contributed by atoms with Gasteiger partial charge in [-0.3, -0.25) is 4.98 Å². The summed E-state index contributed by atoms with van der Waals surface area (Å²) in [6, 6.07) is 45.5. The monoisotopic (exact) mass is 525 g/mol. The van der Waals surface area contributed by atoms with Gasteiger partial charge in [0.1, 0.15) is 0 Å². The summed E-state index contributed by atoms with van der Waals surface area (Å²) in [5, 5.41) is 1.19. The Labute approximate surface area is 236 Å². The third kappa shape index (κ3) is 4.03. The lowest BCUT2D eigenvalue weighted by Crippen LogP contribution is -1.98. The number of hydrogen-bond donors (Lipinski definition) is 0. The van der Waals surface area contributed by atoms with Crippen LogP contribution < -0.4 is 0 Å². The van der Waals surface area contributed by atoms with E-state index in [2.05, 4.69) is 82.2 Å². The van der Waals surface area contributed by atoms with E-state index in [1.807, 2.05) is 60.7 Å². The summed E-state index contributed by atoms with van der Waals surface area (Å²) in [5.74, 6) is 0.665. The standard InChI is InChI=1S/C36H23N5/c1-2-11-24(12-3-1)36-39-30(23-31(40-36)28-16-8-9-20-37-28)25-14-10-15-27(21-25)35-34-22-26-13-4-6-18-32(26)41(34)33-19-7-5-17-29(33)38-35/h1-23H. The SMILES string of the molecule is c1ccc(-c2nc(-c3cccc(-c4nc5ccccc5n5c4cc4ccccc45)c3)cc(-c3ccccn3)n2)cc1. The van der Waals surface area contributed by atoms with Crippen molar-refractivity contribution < 1.29 is 0 Å². The number of benzene rings is 4. The zero-order chi connectivity index (χ0) is 27.2. The summed E-state index contributed by atoms with van der Waals surface area (Å²) in [7, 11) is 0. The number of para-hydroxylation sites is 3. The normalized spacial score (nSPS) is 11.4. The molecule has 4 heterocycles. The van der Waals surface area contributed by atoms with Crippen molar-refractivity contribution in [3.8, 4) is 45.3 Å². The van der Waals surface area contributed by atoms with Gasteiger partial charge in [-0.15, -0.1) is 0 Å². The second-order valence-electron chi connectivity index (χ2n) is 10.00. The van der Waals surface area contributed by atoms with E-state index in [0.29, 0.717) is 5.82 Å². The van der Waals surface area contributed by atoms with Crippen LogP contribution in [-0.2, 0) is 0 Å². The topological polar surface area (TPSA) is 56.0 Å². The van der Waals surface area contributed by atoms with Crippen LogP contribution in [0, 0.1) is 0 Å². The molecule has 5 nitrogen and oxygen atoms in total. The van der Waals surface area contributed by atoms with Crippen molar-refractivity contribution in [2.45, 2.75) is 0 Å². The highest BCUT2D eigenvalue weighted by Crippen LogP contribution is 2.34. The van der Waals surface area contributed by atoms with Gasteiger partial charge in [-0.1, -0.05) is 84.9 Å². The van der Waals surface area contributed by atoms with E-state index in [1.54, 1.807) is 6.20 Å². The molecule has 8 rings (SSSR count). The summed E-state index contributed by atoms with van der Waals surface area (Å²) in [5.41, 5.74) is 10.6. The number of pyridine rings is 1. The predicted molar refractivity (Wildman–Crippen MR) is 165 cm³/mol. The van der Waals surface area contributed by atoms with Gasteiger partial charge in [-0.05, 0) is 48.5 Å². The highest BCUT2D eigenvalue weighted by Gasteiger charge is 2.16. The summed E-state index contributed by atoms with van der Waals surface area (Å²) in [6.45, 7) is 0. The van der Waals surface area contributed by atoms with E-state index < -0.39 is 0 Å². The van der Waals surface area contributed by atoms with Crippen LogP contribution in [0.4, 0.5) is 0 Å². The van der Waals surface area contributed by atoms with E-state index in [1.165, 1.54) is 10.9 Å². The van der Waals surface area contributed by atoms with Crippen LogP contribution in [0.5, 0.6) is 0 Å². The largest absolute Gasteiger partial charge is 0.306 e. The third-order valence-corrected chi connectivity index (χ3v) is 7.43. The van der Waals surface area contributed by atoms with Crippen LogP contribution in [-0.4, -0.2) is 24.3 Å². The number of nitrogens with zero attached hydrogens (tertiary/aromatic N) is 5. The van der Waals surface area contributed by atoms with Crippen LogP contribution in [0.1, 0.15) is 0 Å². The first kappa shape index (κ1) is 23.2. The minimum absolute atomic E-state index is 0.665. The molecule has 0 unspecified atom stereocenters. The Balaban J connectivity index is 1.35. The number of fused-ring (bicyclic) bond motifs is 5. The Morgan fingerprint density at radius 2 is 1.17 bits per heavy atom. The first-order chi connectivity index (χ1) is 20.3. The lowest BCUT2D eigenvalue weighted by molar-refractivity contribution is 1.16. The van der Waals surface area contributed by atoms with Gasteiger partial charge >= 0.3 is 0 Å². The van der Waals surface area contributed by atoms with E-state index in [0.717, 1.165) is 56.0 Å². The molecule has 0 saturated carbocycles. The van der Waals surface area contributed by atoms with Crippen LogP contribution >= 0.6 is 0 Å². The average Bonchev–Trinajstić information content (AvgIpc) is 3.45. The van der Waals surface area contributed by atoms with Crippen molar-refractivity contribution in [3.63, 3.8) is 0 Å². The maximum absolute atomic E-state index is 5.17. The van der Waals surface area contributed by atoms with Crippen LogP contribution in [0.25, 0.3) is 72.7 Å². The molecule has 0 N–H and O–H groups in total. The Morgan fingerprint density at radius 3 is 2.05 bits per heavy atom. The van der Waals surface area contributed by atoms with Gasteiger partial charge in [-0.2, -0.15) is 0 Å². The lowest BCUT2D eigenvalue weighted by atomic mass is 10.0. The molecule has 4 aromatic carbocycles. The van der Waals surface area contributed by atoms with Crippen molar-refractivity contribution in [2.24, 2.45) is 0 Å². The maximum atomic E-state index is 5.17. The first-order valence-corrected chi connectivity index (χ1v) is 13.6. The van der Waals surface area contributed by atoms with Gasteiger partial charge in [-0.25, -0.2) is 15.0 Å². The molecule has 0 amide bonds. The number of hydrogen-bond acceptors (Lipinski definition) is 4. The van der Waals surface area contributed by atoms with Gasteiger partial charge in [0.25, 0.3) is 0 Å². The summed E-state index contributed by atoms with van der Waals surface area (Å²) >= 11 is 0. The zero-order valence-corrected chi connectivity index (χ0v) is 22.0. The Kier molecular flexibility index (Phi) is 5.38. The average molecular weight is 526 g/mol. The highest BCUT2D eigenvalue weighted by atomic mass is 14.9. The molecule has 0 atom stereocenters. The Morgan fingerprint density at radius 1 is 0.439 bits per heavy atom. The van der Waals surface area contributed by atoms with Crippen molar-refractivity contribution >= 4 is 27.5 Å². The molecule has 0 spiro atoms. The van der Waals surface area contributed by atoms with Crippen molar-refractivity contribution in [1.82, 2.24) is 24.3 Å². The second-order valence-corrected chi connectivity index (χ2v) is 10.00. The molecule has 0 radical (unpaired) electrons. The second kappa shape index (κ2) is 9.50. The summed E-state index contributed by atoms with van der Waals surface area (Å²) < 4.78 is 2.32. The molecule has 0 aliphatic heterocycles. The zero-order valence-electron chi connectivity index (χ0n) is 22.0. The molecule has 0 fully saturated rings. The Hall–Kier alpha value is -5.68. The van der Waals surface area contributed by atoms with Crippen molar-refractivity contribution in [2.75, 3.05) is 0 Å². The van der Waals surface area contributed by atoms with Gasteiger partial charge in [0.2, 0.25) is 0 Å². The summed E-state index contributed by atoms with van der Waals surface area (Å²) in [4.78, 5) is 19.6. The molecule has 0 bridgehead atoms. The smallest absolute Gasteiger partial charge is 0.160 e. The highest BCUT2D eigenvalue weighted by molar-refractivity contribution is 5.98. The van der Waals surface area contributed by atoms with Crippen molar-refractivity contribution in [1.29, 1.82) is 0 Å². The molecular weight excluding hydrogens is 502 g/mol. The van der Waals surface area contributed by atoms with E-state index in [-0.39, 0.29) is 0 Å². The van der Waals surface area contributed by atoms with E-state index in [4.69, 9.17) is 15.0 Å². The van der Waals surface area contributed by atoms with Crippen molar-refractivity contribution in [3.05, 3.63) is 140 Å². The van der Waals surface area contributed by atoms with Crippen LogP contribution in [0.2, 0.25) is 0 Å². The fourth-order valence-electron chi connectivity index (χ4n) is 5.51. The molecule has 192 valence electrons. The maximum Gasteiger partial charge on any atom is 0.160 e. The minimum Gasteiger partial charge on any atom is -0.306 e. The molecule has 41 heavy (non-hydrogen) atoms. The minimum atomic E-state index is 0.665. The Bertz CT molecular complexity index is 2140. The molecular formula is C36H23N5. The molecule has 4 aromatic heterocycles. The van der Waals surface area contributed by atoms with Gasteiger partial charge in [0.15, 0.2) is 5.82 Å². The van der Waals surface area contributed by atoms with Gasteiger partial charge in [0, 0.05) is 28.3 Å². The fraction of sp³-hybridized carbons (Fsp3) is 0. The van der Waals surface area contributed by atoms with Gasteiger partial charge in [0.05, 0.1) is 44.8 Å². The lowest BCUT2D eigenvalue weighted by Gasteiger charge is -2.12. The van der Waals surface area contributed by atoms with Gasteiger partial charge < -0.3 is 4.40 Å². The molecule has 0 saturated heterocycles. The third-order valence-electron chi connectivity index (χ3n) is 7.43. The van der Waals surface area contributed by atoms with E-state index in [9.17, 15) is 0 Å². The van der Waals surface area contributed by atoms with E-state index >= 15 is 0 Å². The van der Waals surface area contributed by atoms with Crippen LogP contribution in [0.15, 0.2) is 140 Å². The molecule has 8 aromatic rings. The number of rotatable bonds is 4. The predicted octanol–water partition coefficient (Wildman–Crippen LogP) is 8.49. The summed E-state index contributed by atoms with van der Waals surface area (Å²) in [6.07, 6.45) is 1.79. The molecule has 5 heteroatoms. The quantitative estimate of drug-likeness (QED) is 0.231. The molecule has 0 aliphatic carbocycles. The van der Waals surface area contributed by atoms with Crippen LogP contribution in [0.3, 0.4) is 0 Å². The first-order valence-electron chi connectivity index (χ1n) is 13.6. The number of aromatic nitrogens is 5. The molecule has 0 aliphatic rings.